The van der Waals surface area contributed by atoms with Crippen LogP contribution in [-0.4, -0.2) is 22.8 Å². The van der Waals surface area contributed by atoms with Crippen molar-refractivity contribution in [2.24, 2.45) is 0 Å². The second kappa shape index (κ2) is 8.42. The molecule has 23 heavy (non-hydrogen) atoms. The van der Waals surface area contributed by atoms with Crippen molar-refractivity contribution < 1.29 is 14.3 Å². The van der Waals surface area contributed by atoms with E-state index in [1.807, 2.05) is 30.5 Å². The van der Waals surface area contributed by atoms with Crippen molar-refractivity contribution in [1.29, 1.82) is 0 Å². The highest BCUT2D eigenvalue weighted by molar-refractivity contribution is 8.26. The normalized spacial score (nSPS) is 16.8. The number of nitrogens with one attached hydrogen (secondary N) is 1. The summed E-state index contributed by atoms with van der Waals surface area (Å²) in [7, 11) is 0. The maximum atomic E-state index is 12.0. The number of aryl methyl sites for hydroxylation is 1. The number of rotatable bonds is 6. The Morgan fingerprint density at radius 3 is 2.78 bits per heavy atom. The summed E-state index contributed by atoms with van der Waals surface area (Å²) in [6.07, 6.45) is 4.55. The quantitative estimate of drug-likeness (QED) is 0.471. The van der Waals surface area contributed by atoms with Crippen molar-refractivity contribution in [3.63, 3.8) is 0 Å². The number of thiophene rings is 1. The topological polar surface area (TPSA) is 55.4 Å². The van der Waals surface area contributed by atoms with Crippen LogP contribution in [0.25, 0.3) is 6.08 Å². The third-order valence-electron chi connectivity index (χ3n) is 3.15. The number of hydrogen-bond acceptors (Lipinski definition) is 6. The van der Waals surface area contributed by atoms with Gasteiger partial charge in [0, 0.05) is 11.3 Å². The largest absolute Gasteiger partial charge is 0.466 e. The molecule has 0 bridgehead atoms. The molecule has 1 saturated heterocycles. The lowest BCUT2D eigenvalue weighted by Gasteiger charge is -2.05. The Morgan fingerprint density at radius 1 is 1.43 bits per heavy atom. The Morgan fingerprint density at radius 2 is 2.22 bits per heavy atom. The second-order valence-electron chi connectivity index (χ2n) is 4.80. The highest BCUT2D eigenvalue weighted by Gasteiger charge is 2.25. The fourth-order valence-corrected chi connectivity index (χ4v) is 3.94. The predicted octanol–water partition coefficient (Wildman–Crippen LogP) is 3.82. The van der Waals surface area contributed by atoms with E-state index in [2.05, 4.69) is 5.32 Å². The van der Waals surface area contributed by atoms with Gasteiger partial charge in [-0.25, -0.2) is 0 Å². The molecule has 122 valence electrons. The molecular weight excluding hydrogens is 350 g/mol. The van der Waals surface area contributed by atoms with Crippen molar-refractivity contribution >= 4 is 57.6 Å². The van der Waals surface area contributed by atoms with Gasteiger partial charge >= 0.3 is 5.97 Å². The smallest absolute Gasteiger partial charge is 0.306 e. The number of hydrogen-bond donors (Lipinski definition) is 1. The Labute approximate surface area is 149 Å². The van der Waals surface area contributed by atoms with Crippen LogP contribution in [0.4, 0.5) is 0 Å². The zero-order valence-corrected chi connectivity index (χ0v) is 15.3. The molecule has 2 rings (SSSR count). The van der Waals surface area contributed by atoms with Crippen LogP contribution in [0.3, 0.4) is 0 Å². The van der Waals surface area contributed by atoms with Gasteiger partial charge in [0.15, 0.2) is 0 Å². The molecule has 1 amide bonds. The summed E-state index contributed by atoms with van der Waals surface area (Å²) in [5.74, 6) is -0.469. The van der Waals surface area contributed by atoms with Gasteiger partial charge in [-0.15, -0.1) is 11.3 Å². The third-order valence-corrected chi connectivity index (χ3v) is 5.43. The van der Waals surface area contributed by atoms with E-state index < -0.39 is 0 Å². The molecule has 1 aromatic rings. The van der Waals surface area contributed by atoms with E-state index >= 15 is 0 Å². The van der Waals surface area contributed by atoms with E-state index in [-0.39, 0.29) is 18.3 Å². The fraction of sp³-hybridized carbons (Fsp3) is 0.312. The number of thiocarbonyl (C=S) groups is 1. The van der Waals surface area contributed by atoms with Crippen molar-refractivity contribution in [3.8, 4) is 0 Å². The average molecular weight is 368 g/mol. The van der Waals surface area contributed by atoms with Crippen molar-refractivity contribution in [2.45, 2.75) is 26.7 Å². The predicted molar refractivity (Wildman–Crippen MR) is 99.3 cm³/mol. The average Bonchev–Trinajstić information content (AvgIpc) is 3.05. The summed E-state index contributed by atoms with van der Waals surface area (Å²) in [5, 5.41) is 4.64. The molecule has 1 fully saturated rings. The van der Waals surface area contributed by atoms with E-state index in [1.54, 1.807) is 18.3 Å². The van der Waals surface area contributed by atoms with Gasteiger partial charge in [0.1, 0.15) is 4.32 Å². The van der Waals surface area contributed by atoms with Crippen LogP contribution in [0.5, 0.6) is 0 Å². The molecule has 1 aromatic heterocycles. The highest BCUT2D eigenvalue weighted by atomic mass is 32.2. The number of carbonyl (C=O) groups excluding carboxylic acids is 2. The number of ether oxygens (including phenoxy) is 1. The van der Waals surface area contributed by atoms with Gasteiger partial charge in [-0.1, -0.05) is 30.1 Å². The number of carbonyl (C=O) groups is 2. The number of esters is 1. The van der Waals surface area contributed by atoms with E-state index in [1.165, 1.54) is 17.3 Å². The molecule has 4 nitrogen and oxygen atoms in total. The minimum atomic E-state index is -0.266. The standard InChI is InChI=1S/C16H17NO3S3/c1-3-20-13(18)7-5-11(14-15(19)17-16(21)23-14)4-6-12-10(2)8-9-22-12/h4,6,8-9H,3,5,7H2,1-2H3,(H,17,19,21)/b6-4+,14-11-. The zero-order valence-electron chi connectivity index (χ0n) is 12.9. The first-order valence-corrected chi connectivity index (χ1v) is 9.25. The van der Waals surface area contributed by atoms with Crippen LogP contribution < -0.4 is 5.32 Å². The summed E-state index contributed by atoms with van der Waals surface area (Å²) in [5.41, 5.74) is 1.98. The van der Waals surface area contributed by atoms with Crippen LogP contribution in [0.15, 0.2) is 28.0 Å². The minimum Gasteiger partial charge on any atom is -0.466 e. The first kappa shape index (κ1) is 17.9. The maximum absolute atomic E-state index is 12.0. The van der Waals surface area contributed by atoms with Gasteiger partial charge in [0.25, 0.3) is 5.91 Å². The molecule has 0 radical (unpaired) electrons. The van der Waals surface area contributed by atoms with Crippen LogP contribution in [0.1, 0.15) is 30.2 Å². The van der Waals surface area contributed by atoms with Crippen LogP contribution in [0, 0.1) is 6.92 Å². The lowest BCUT2D eigenvalue weighted by Crippen LogP contribution is -2.18. The van der Waals surface area contributed by atoms with Gasteiger partial charge in [-0.05, 0) is 48.9 Å². The van der Waals surface area contributed by atoms with E-state index in [0.717, 1.165) is 10.5 Å². The van der Waals surface area contributed by atoms with Gasteiger partial charge in [-0.2, -0.15) is 0 Å². The van der Waals surface area contributed by atoms with Gasteiger partial charge in [-0.3, -0.25) is 9.59 Å². The summed E-state index contributed by atoms with van der Waals surface area (Å²) in [6.45, 7) is 4.16. The molecule has 0 spiro atoms. The molecule has 1 aliphatic rings. The monoisotopic (exact) mass is 367 g/mol. The Kier molecular flexibility index (Phi) is 6.56. The molecule has 0 aliphatic carbocycles. The number of amides is 1. The molecule has 1 N–H and O–H groups in total. The second-order valence-corrected chi connectivity index (χ2v) is 7.44. The van der Waals surface area contributed by atoms with E-state index in [0.29, 0.717) is 22.3 Å². The van der Waals surface area contributed by atoms with E-state index in [9.17, 15) is 9.59 Å². The highest BCUT2D eigenvalue weighted by Crippen LogP contribution is 2.30. The molecule has 1 aliphatic heterocycles. The van der Waals surface area contributed by atoms with Crippen molar-refractivity contribution in [2.75, 3.05) is 6.61 Å². The molecule has 0 aromatic carbocycles. The van der Waals surface area contributed by atoms with E-state index in [4.69, 9.17) is 17.0 Å². The molecule has 7 heteroatoms. The van der Waals surface area contributed by atoms with Crippen molar-refractivity contribution in [3.05, 3.63) is 38.4 Å². The van der Waals surface area contributed by atoms with Crippen LogP contribution in [0.2, 0.25) is 0 Å². The fourth-order valence-electron chi connectivity index (χ4n) is 2.00. The molecule has 0 unspecified atom stereocenters. The van der Waals surface area contributed by atoms with Gasteiger partial charge < -0.3 is 10.1 Å². The Hall–Kier alpha value is -1.44. The zero-order chi connectivity index (χ0) is 16.8. The summed E-state index contributed by atoms with van der Waals surface area (Å²) >= 11 is 7.91. The maximum Gasteiger partial charge on any atom is 0.306 e. The van der Waals surface area contributed by atoms with Crippen molar-refractivity contribution in [1.82, 2.24) is 5.32 Å². The lowest BCUT2D eigenvalue weighted by atomic mass is 10.1. The number of allylic oxidation sites excluding steroid dienone is 2. The third kappa shape index (κ3) is 5.02. The minimum absolute atomic E-state index is 0.202. The summed E-state index contributed by atoms with van der Waals surface area (Å²) in [6, 6.07) is 2.04. The number of thioether (sulfide) groups is 1. The summed E-state index contributed by atoms with van der Waals surface area (Å²) < 4.78 is 5.40. The SMILES string of the molecule is CCOC(=O)CCC(/C=C/c1sccc1C)=C1\SC(=S)NC1=O. The first-order valence-electron chi connectivity index (χ1n) is 7.15. The molecule has 0 saturated carbocycles. The Balaban J connectivity index is 2.21. The Bertz CT molecular complexity index is 688. The van der Waals surface area contributed by atoms with Crippen LogP contribution in [-0.2, 0) is 14.3 Å². The first-order chi connectivity index (χ1) is 11.0. The van der Waals surface area contributed by atoms with Gasteiger partial charge in [0.2, 0.25) is 0 Å². The van der Waals surface area contributed by atoms with Crippen LogP contribution >= 0.6 is 35.3 Å². The molecule has 2 heterocycles. The summed E-state index contributed by atoms with van der Waals surface area (Å²) in [4.78, 5) is 25.3. The molecular formula is C16H17NO3S3. The van der Waals surface area contributed by atoms with Gasteiger partial charge in [0.05, 0.1) is 11.5 Å². The molecule has 0 atom stereocenters. The lowest BCUT2D eigenvalue weighted by molar-refractivity contribution is -0.143.